The summed E-state index contributed by atoms with van der Waals surface area (Å²) in [4.78, 5) is 5.18. The van der Waals surface area contributed by atoms with E-state index in [9.17, 15) is 0 Å². The molecule has 2 rings (SSSR count). The highest BCUT2D eigenvalue weighted by Crippen LogP contribution is 2.10. The van der Waals surface area contributed by atoms with Crippen molar-refractivity contribution in [2.45, 2.75) is 93.9 Å². The van der Waals surface area contributed by atoms with Crippen molar-refractivity contribution in [2.24, 2.45) is 11.8 Å². The number of likely N-dealkylation sites (tertiary alicyclic amines) is 2. The van der Waals surface area contributed by atoms with Gasteiger partial charge in [0.25, 0.3) is 0 Å². The predicted octanol–water partition coefficient (Wildman–Crippen LogP) is 5.92. The number of hydrogen-bond donors (Lipinski definition) is 1. The molecule has 2 heterocycles. The zero-order valence-corrected chi connectivity index (χ0v) is 20.0. The molecule has 0 aliphatic carbocycles. The lowest BCUT2D eigenvalue weighted by molar-refractivity contribution is 0.206. The summed E-state index contributed by atoms with van der Waals surface area (Å²) in [5.74, 6) is 1.69. The Labute approximate surface area is 167 Å². The van der Waals surface area contributed by atoms with Crippen LogP contribution >= 0.6 is 0 Å². The minimum Gasteiger partial charge on any atom is -0.400 e. The van der Waals surface area contributed by atoms with Crippen LogP contribution in [0.3, 0.4) is 0 Å². The molecule has 2 fully saturated rings. The molecule has 0 atom stereocenters. The fourth-order valence-electron chi connectivity index (χ4n) is 3.32. The minimum absolute atomic E-state index is 0.845. The normalized spacial score (nSPS) is 17.5. The van der Waals surface area contributed by atoms with Crippen LogP contribution in [-0.2, 0) is 0 Å². The van der Waals surface area contributed by atoms with E-state index < -0.39 is 0 Å². The Morgan fingerprint density at radius 3 is 0.962 bits per heavy atom. The molecule has 2 aliphatic rings. The predicted molar refractivity (Wildman–Crippen MR) is 121 cm³/mol. The van der Waals surface area contributed by atoms with Crippen molar-refractivity contribution in [1.82, 2.24) is 9.80 Å². The van der Waals surface area contributed by atoms with E-state index in [0.29, 0.717) is 0 Å². The van der Waals surface area contributed by atoms with Crippen LogP contribution in [0.5, 0.6) is 0 Å². The van der Waals surface area contributed by atoms with E-state index in [0.717, 1.165) is 18.9 Å². The molecule has 0 bridgehead atoms. The summed E-state index contributed by atoms with van der Waals surface area (Å²) in [6, 6.07) is 0. The Morgan fingerprint density at radius 2 is 0.769 bits per heavy atom. The van der Waals surface area contributed by atoms with Crippen molar-refractivity contribution >= 4 is 0 Å². The van der Waals surface area contributed by atoms with Crippen LogP contribution < -0.4 is 0 Å². The molecule has 0 saturated carbocycles. The minimum atomic E-state index is 0.845. The summed E-state index contributed by atoms with van der Waals surface area (Å²) in [7, 11) is 1.00. The monoisotopic (exact) mass is 374 g/mol. The number of hydrogen-bond acceptors (Lipinski definition) is 3. The Morgan fingerprint density at radius 1 is 0.538 bits per heavy atom. The van der Waals surface area contributed by atoms with Gasteiger partial charge in [0.05, 0.1) is 0 Å². The van der Waals surface area contributed by atoms with Gasteiger partial charge in [-0.15, -0.1) is 0 Å². The first-order valence-corrected chi connectivity index (χ1v) is 11.5. The number of aliphatic hydroxyl groups excluding tert-OH is 1. The van der Waals surface area contributed by atoms with Crippen molar-refractivity contribution in [3.05, 3.63) is 0 Å². The van der Waals surface area contributed by atoms with Crippen LogP contribution in [0.2, 0.25) is 0 Å². The van der Waals surface area contributed by atoms with Crippen LogP contribution in [0.25, 0.3) is 0 Å². The van der Waals surface area contributed by atoms with E-state index in [1.54, 1.807) is 0 Å². The highest BCUT2D eigenvalue weighted by Gasteiger charge is 2.10. The first-order valence-electron chi connectivity index (χ1n) is 11.5. The lowest BCUT2D eigenvalue weighted by atomic mass is 10.1. The largest absolute Gasteiger partial charge is 0.400 e. The molecule has 0 amide bonds. The van der Waals surface area contributed by atoms with Crippen LogP contribution in [0.15, 0.2) is 0 Å². The first kappa shape index (κ1) is 30.6. The molecule has 0 aromatic heterocycles. The van der Waals surface area contributed by atoms with E-state index in [4.69, 9.17) is 5.11 Å². The average Bonchev–Trinajstić information content (AvgIpc) is 2.68. The van der Waals surface area contributed by atoms with E-state index >= 15 is 0 Å². The highest BCUT2D eigenvalue weighted by molar-refractivity contribution is 4.66. The van der Waals surface area contributed by atoms with Gasteiger partial charge in [0.15, 0.2) is 0 Å². The SMILES string of the molecule is CC.CC.CC(C)CN1CCCCC1.CC(C)CN1CCCCC1.CO. The Bertz CT molecular complexity index is 196. The fourth-order valence-corrected chi connectivity index (χ4v) is 3.32. The molecular formula is C23H54N2O. The molecule has 0 radical (unpaired) electrons. The van der Waals surface area contributed by atoms with Crippen molar-refractivity contribution in [3.8, 4) is 0 Å². The van der Waals surface area contributed by atoms with E-state index in [1.165, 1.54) is 77.8 Å². The number of nitrogens with zero attached hydrogens (tertiary/aromatic N) is 2. The first-order chi connectivity index (χ1) is 12.6. The quantitative estimate of drug-likeness (QED) is 0.662. The second-order valence-electron chi connectivity index (χ2n) is 7.51. The number of aliphatic hydroxyl groups is 1. The molecule has 0 spiro atoms. The fraction of sp³-hybridized carbons (Fsp3) is 1.00. The average molecular weight is 375 g/mol. The zero-order valence-electron chi connectivity index (χ0n) is 20.0. The van der Waals surface area contributed by atoms with Gasteiger partial charge in [-0.25, -0.2) is 0 Å². The van der Waals surface area contributed by atoms with E-state index in [1.807, 2.05) is 27.7 Å². The lowest BCUT2D eigenvalue weighted by Gasteiger charge is -2.27. The van der Waals surface area contributed by atoms with Gasteiger partial charge in [-0.05, 0) is 63.7 Å². The van der Waals surface area contributed by atoms with E-state index in [-0.39, 0.29) is 0 Å². The van der Waals surface area contributed by atoms with Gasteiger partial charge in [-0.3, -0.25) is 0 Å². The molecule has 0 aromatic rings. The summed E-state index contributed by atoms with van der Waals surface area (Å²) < 4.78 is 0. The maximum Gasteiger partial charge on any atom is 0.0319 e. The smallest absolute Gasteiger partial charge is 0.0319 e. The van der Waals surface area contributed by atoms with Crippen molar-refractivity contribution < 1.29 is 5.11 Å². The molecule has 1 N–H and O–H groups in total. The summed E-state index contributed by atoms with van der Waals surface area (Å²) in [6.07, 6.45) is 8.60. The van der Waals surface area contributed by atoms with Crippen LogP contribution in [0.4, 0.5) is 0 Å². The molecule has 2 aliphatic heterocycles. The van der Waals surface area contributed by atoms with Gasteiger partial charge in [0.1, 0.15) is 0 Å². The van der Waals surface area contributed by atoms with Crippen LogP contribution in [-0.4, -0.2) is 61.3 Å². The Kier molecular flexibility index (Phi) is 29.3. The topological polar surface area (TPSA) is 26.7 Å². The van der Waals surface area contributed by atoms with Gasteiger partial charge in [0.2, 0.25) is 0 Å². The van der Waals surface area contributed by atoms with Gasteiger partial charge in [0, 0.05) is 20.2 Å². The van der Waals surface area contributed by atoms with Crippen molar-refractivity contribution in [1.29, 1.82) is 0 Å². The van der Waals surface area contributed by atoms with Gasteiger partial charge >= 0.3 is 0 Å². The second kappa shape index (κ2) is 24.9. The third-order valence-electron chi connectivity index (χ3n) is 4.14. The summed E-state index contributed by atoms with van der Waals surface area (Å²) >= 11 is 0. The third-order valence-corrected chi connectivity index (χ3v) is 4.14. The van der Waals surface area contributed by atoms with Crippen molar-refractivity contribution in [2.75, 3.05) is 46.4 Å². The third kappa shape index (κ3) is 21.9. The van der Waals surface area contributed by atoms with Crippen LogP contribution in [0.1, 0.15) is 93.9 Å². The molecule has 2 saturated heterocycles. The molecule has 3 heteroatoms. The molecule has 26 heavy (non-hydrogen) atoms. The second-order valence-corrected chi connectivity index (χ2v) is 7.51. The van der Waals surface area contributed by atoms with Gasteiger partial charge in [-0.2, -0.15) is 0 Å². The van der Waals surface area contributed by atoms with E-state index in [2.05, 4.69) is 37.5 Å². The maximum absolute atomic E-state index is 7.00. The molecule has 162 valence electrons. The molecule has 0 aromatic carbocycles. The number of piperidine rings is 2. The summed E-state index contributed by atoms with van der Waals surface area (Å²) in [5.41, 5.74) is 0. The Balaban J connectivity index is -0.000000316. The molecule has 0 unspecified atom stereocenters. The summed E-state index contributed by atoms with van der Waals surface area (Å²) in [6.45, 7) is 25.2. The molecule has 3 nitrogen and oxygen atoms in total. The summed E-state index contributed by atoms with van der Waals surface area (Å²) in [5, 5.41) is 7.00. The zero-order chi connectivity index (χ0) is 20.8. The molecular weight excluding hydrogens is 320 g/mol. The highest BCUT2D eigenvalue weighted by atomic mass is 16.2. The van der Waals surface area contributed by atoms with Gasteiger partial charge < -0.3 is 14.9 Å². The Hall–Kier alpha value is -0.120. The maximum atomic E-state index is 7.00. The lowest BCUT2D eigenvalue weighted by Crippen LogP contribution is -2.32. The standard InChI is InChI=1S/2C9H19N.2C2H6.CH4O/c2*1-9(2)8-10-6-4-3-5-7-10;3*1-2/h2*9H,3-8H2,1-2H3;2*1-2H3;2H,1H3. The van der Waals surface area contributed by atoms with Gasteiger partial charge in [-0.1, -0.05) is 68.2 Å². The van der Waals surface area contributed by atoms with Crippen molar-refractivity contribution in [3.63, 3.8) is 0 Å². The van der Waals surface area contributed by atoms with Crippen LogP contribution in [0, 0.1) is 11.8 Å². The number of rotatable bonds is 4.